The summed E-state index contributed by atoms with van der Waals surface area (Å²) in [5.41, 5.74) is 4.91. The van der Waals surface area contributed by atoms with Crippen molar-refractivity contribution in [2.75, 3.05) is 7.11 Å². The van der Waals surface area contributed by atoms with Crippen LogP contribution in [0.3, 0.4) is 0 Å². The molecule has 1 heterocycles. The molecule has 84 valence electrons. The summed E-state index contributed by atoms with van der Waals surface area (Å²) in [5.74, 6) is -0.372. The van der Waals surface area contributed by atoms with E-state index in [0.29, 0.717) is 6.42 Å². The number of nitrogens with two attached hydrogens (primary N) is 1. The van der Waals surface area contributed by atoms with Crippen LogP contribution >= 0.6 is 0 Å². The number of ether oxygens (including phenoxy) is 1. The largest absolute Gasteiger partial charge is 0.468 e. The second kappa shape index (κ2) is 4.93. The Kier molecular flexibility index (Phi) is 3.85. The summed E-state index contributed by atoms with van der Waals surface area (Å²) in [6.07, 6.45) is 4.98. The van der Waals surface area contributed by atoms with Crippen molar-refractivity contribution in [2.24, 2.45) is 5.73 Å². The number of carbonyl (C=O) groups is 1. The minimum Gasteiger partial charge on any atom is -0.468 e. The molecule has 0 saturated carbocycles. The van der Waals surface area contributed by atoms with Gasteiger partial charge in [-0.25, -0.2) is 0 Å². The first-order chi connectivity index (χ1) is 7.06. The van der Waals surface area contributed by atoms with Gasteiger partial charge in [-0.1, -0.05) is 0 Å². The van der Waals surface area contributed by atoms with Crippen LogP contribution in [0.5, 0.6) is 0 Å². The van der Waals surface area contributed by atoms with Crippen LogP contribution in [0.1, 0.15) is 19.8 Å². The molecule has 0 bridgehead atoms. The molecule has 1 rings (SSSR count). The molecule has 5 nitrogen and oxygen atoms in total. The molecule has 1 unspecified atom stereocenters. The Balaban J connectivity index is 2.33. The highest BCUT2D eigenvalue weighted by atomic mass is 16.5. The average Bonchev–Trinajstić information content (AvgIpc) is 2.69. The molecule has 1 aromatic heterocycles. The summed E-state index contributed by atoms with van der Waals surface area (Å²) >= 11 is 0. The molecule has 15 heavy (non-hydrogen) atoms. The third kappa shape index (κ3) is 3.36. The highest BCUT2D eigenvalue weighted by molar-refractivity contribution is 5.79. The number of aryl methyl sites for hydroxylation is 1. The molecule has 1 aromatic rings. The van der Waals surface area contributed by atoms with E-state index in [-0.39, 0.29) is 5.97 Å². The van der Waals surface area contributed by atoms with E-state index in [4.69, 9.17) is 5.73 Å². The average molecular weight is 211 g/mol. The molecule has 5 heteroatoms. The van der Waals surface area contributed by atoms with Gasteiger partial charge in [0.05, 0.1) is 7.11 Å². The highest BCUT2D eigenvalue weighted by Gasteiger charge is 2.28. The van der Waals surface area contributed by atoms with Crippen LogP contribution in [0, 0.1) is 0 Å². The van der Waals surface area contributed by atoms with Crippen LogP contribution in [0.25, 0.3) is 0 Å². The number of carbonyl (C=O) groups excluding carboxylic acids is 1. The van der Waals surface area contributed by atoms with E-state index in [2.05, 4.69) is 9.84 Å². The number of aromatic nitrogens is 2. The van der Waals surface area contributed by atoms with E-state index < -0.39 is 5.54 Å². The maximum absolute atomic E-state index is 11.3. The fraction of sp³-hybridized carbons (Fsp3) is 0.600. The summed E-state index contributed by atoms with van der Waals surface area (Å²) in [7, 11) is 1.35. The van der Waals surface area contributed by atoms with Gasteiger partial charge in [-0.3, -0.25) is 9.48 Å². The predicted octanol–water partition coefficient (Wildman–Crippen LogP) is 0.554. The maximum atomic E-state index is 11.3. The second-order valence-electron chi connectivity index (χ2n) is 3.78. The van der Waals surface area contributed by atoms with Crippen molar-refractivity contribution in [3.05, 3.63) is 18.5 Å². The van der Waals surface area contributed by atoms with Gasteiger partial charge in [0.25, 0.3) is 0 Å². The topological polar surface area (TPSA) is 70.1 Å². The zero-order chi connectivity index (χ0) is 11.3. The lowest BCUT2D eigenvalue weighted by molar-refractivity contribution is -0.146. The van der Waals surface area contributed by atoms with E-state index >= 15 is 0 Å². The van der Waals surface area contributed by atoms with Crippen molar-refractivity contribution >= 4 is 5.97 Å². The van der Waals surface area contributed by atoms with Crippen molar-refractivity contribution in [2.45, 2.75) is 31.8 Å². The molecule has 0 fully saturated rings. The molecule has 0 saturated heterocycles. The van der Waals surface area contributed by atoms with E-state index in [1.165, 1.54) is 7.11 Å². The Bertz CT molecular complexity index is 306. The van der Waals surface area contributed by atoms with Crippen molar-refractivity contribution < 1.29 is 9.53 Å². The zero-order valence-corrected chi connectivity index (χ0v) is 9.14. The number of nitrogens with zero attached hydrogens (tertiary/aromatic N) is 2. The van der Waals surface area contributed by atoms with Gasteiger partial charge in [0.1, 0.15) is 5.54 Å². The fourth-order valence-corrected chi connectivity index (χ4v) is 1.38. The minimum absolute atomic E-state index is 0.372. The zero-order valence-electron chi connectivity index (χ0n) is 9.14. The van der Waals surface area contributed by atoms with Crippen molar-refractivity contribution in [1.82, 2.24) is 9.78 Å². The lowest BCUT2D eigenvalue weighted by Crippen LogP contribution is -2.45. The number of hydrogen-bond acceptors (Lipinski definition) is 4. The van der Waals surface area contributed by atoms with E-state index in [1.807, 2.05) is 16.9 Å². The van der Waals surface area contributed by atoms with Crippen LogP contribution in [-0.4, -0.2) is 28.4 Å². The van der Waals surface area contributed by atoms with Gasteiger partial charge < -0.3 is 10.5 Å². The Morgan fingerprint density at radius 2 is 2.40 bits per heavy atom. The normalized spacial score (nSPS) is 14.6. The smallest absolute Gasteiger partial charge is 0.325 e. The summed E-state index contributed by atoms with van der Waals surface area (Å²) in [4.78, 5) is 11.3. The maximum Gasteiger partial charge on any atom is 0.325 e. The lowest BCUT2D eigenvalue weighted by atomic mass is 9.97. The molecule has 0 radical (unpaired) electrons. The summed E-state index contributed by atoms with van der Waals surface area (Å²) in [6, 6.07) is 1.86. The fourth-order valence-electron chi connectivity index (χ4n) is 1.38. The molecule has 1 atom stereocenters. The molecule has 0 spiro atoms. The first kappa shape index (κ1) is 11.7. The molecular weight excluding hydrogens is 194 g/mol. The quantitative estimate of drug-likeness (QED) is 0.722. The first-order valence-corrected chi connectivity index (χ1v) is 4.91. The van der Waals surface area contributed by atoms with Crippen molar-refractivity contribution in [1.29, 1.82) is 0 Å². The Labute approximate surface area is 89.2 Å². The molecule has 0 aliphatic heterocycles. The SMILES string of the molecule is COC(=O)C(C)(N)CCCn1cccn1. The Morgan fingerprint density at radius 3 is 2.93 bits per heavy atom. The summed E-state index contributed by atoms with van der Waals surface area (Å²) < 4.78 is 6.43. The molecule has 0 aliphatic rings. The van der Waals surface area contributed by atoms with Crippen LogP contribution < -0.4 is 5.73 Å². The predicted molar refractivity (Wildman–Crippen MR) is 56.1 cm³/mol. The number of esters is 1. The Hall–Kier alpha value is -1.36. The van der Waals surface area contributed by atoms with Gasteiger partial charge in [-0.2, -0.15) is 5.10 Å². The number of hydrogen-bond donors (Lipinski definition) is 1. The van der Waals surface area contributed by atoms with Gasteiger partial charge in [0.2, 0.25) is 0 Å². The molecular formula is C10H17N3O2. The van der Waals surface area contributed by atoms with E-state index in [1.54, 1.807) is 13.1 Å². The van der Waals surface area contributed by atoms with E-state index in [0.717, 1.165) is 13.0 Å². The van der Waals surface area contributed by atoms with Crippen LogP contribution in [-0.2, 0) is 16.1 Å². The minimum atomic E-state index is -0.901. The molecule has 2 N–H and O–H groups in total. The molecule has 0 aromatic carbocycles. The van der Waals surface area contributed by atoms with Gasteiger partial charge in [0.15, 0.2) is 0 Å². The van der Waals surface area contributed by atoms with Crippen molar-refractivity contribution in [3.63, 3.8) is 0 Å². The molecule has 0 aliphatic carbocycles. The van der Waals surface area contributed by atoms with Crippen molar-refractivity contribution in [3.8, 4) is 0 Å². The monoisotopic (exact) mass is 211 g/mol. The van der Waals surface area contributed by atoms with Gasteiger partial charge in [-0.15, -0.1) is 0 Å². The van der Waals surface area contributed by atoms with Gasteiger partial charge >= 0.3 is 5.97 Å². The lowest BCUT2D eigenvalue weighted by Gasteiger charge is -2.20. The Morgan fingerprint density at radius 1 is 1.67 bits per heavy atom. The van der Waals surface area contributed by atoms with Gasteiger partial charge in [-0.05, 0) is 25.8 Å². The van der Waals surface area contributed by atoms with Crippen LogP contribution in [0.4, 0.5) is 0 Å². The third-order valence-electron chi connectivity index (χ3n) is 2.29. The number of rotatable bonds is 5. The second-order valence-corrected chi connectivity index (χ2v) is 3.78. The first-order valence-electron chi connectivity index (χ1n) is 4.91. The van der Waals surface area contributed by atoms with Crippen LogP contribution in [0.15, 0.2) is 18.5 Å². The van der Waals surface area contributed by atoms with Gasteiger partial charge in [0, 0.05) is 18.9 Å². The van der Waals surface area contributed by atoms with E-state index in [9.17, 15) is 4.79 Å². The highest BCUT2D eigenvalue weighted by Crippen LogP contribution is 2.11. The summed E-state index contributed by atoms with van der Waals surface area (Å²) in [6.45, 7) is 2.44. The summed E-state index contributed by atoms with van der Waals surface area (Å²) in [5, 5.41) is 4.06. The van der Waals surface area contributed by atoms with Crippen LogP contribution in [0.2, 0.25) is 0 Å². The molecule has 0 amide bonds. The third-order valence-corrected chi connectivity index (χ3v) is 2.29. The number of methoxy groups -OCH3 is 1. The standard InChI is InChI=1S/C10H17N3O2/c1-10(11,9(14)15-2)5-3-7-13-8-4-6-12-13/h4,6,8H,3,5,7,11H2,1-2H3.